The Morgan fingerprint density at radius 3 is 2.66 bits per heavy atom. The number of allylic oxidation sites excluding steroid dienone is 1. The molecule has 3 heterocycles. The van der Waals surface area contributed by atoms with E-state index in [-0.39, 0.29) is 17.6 Å². The van der Waals surface area contributed by atoms with Crippen LogP contribution >= 0.6 is 0 Å². The lowest BCUT2D eigenvalue weighted by Crippen LogP contribution is -2.42. The summed E-state index contributed by atoms with van der Waals surface area (Å²) in [6.07, 6.45) is 6.63. The van der Waals surface area contributed by atoms with Crippen LogP contribution in [0.4, 0.5) is 25.1 Å². The van der Waals surface area contributed by atoms with E-state index in [4.69, 9.17) is 15.8 Å². The van der Waals surface area contributed by atoms with E-state index in [2.05, 4.69) is 26.3 Å². The lowest BCUT2D eigenvalue weighted by atomic mass is 9.84. The number of aryl methyl sites for hydroxylation is 1. The molecule has 0 spiro atoms. The fourth-order valence-electron chi connectivity index (χ4n) is 6.65. The molecule has 0 unspecified atom stereocenters. The van der Waals surface area contributed by atoms with Gasteiger partial charge in [-0.2, -0.15) is 10.4 Å². The van der Waals surface area contributed by atoms with Crippen LogP contribution in [0.15, 0.2) is 18.3 Å². The first-order valence-electron chi connectivity index (χ1n) is 14.4. The first-order chi connectivity index (χ1) is 19.9. The zero-order chi connectivity index (χ0) is 29.1. The predicted molar refractivity (Wildman–Crippen MR) is 155 cm³/mol. The zero-order valence-electron chi connectivity index (χ0n) is 23.7. The van der Waals surface area contributed by atoms with Crippen molar-refractivity contribution >= 4 is 29.3 Å². The molecule has 0 saturated heterocycles. The summed E-state index contributed by atoms with van der Waals surface area (Å²) in [5.41, 5.74) is 4.39. The van der Waals surface area contributed by atoms with Gasteiger partial charge in [-0.3, -0.25) is 4.68 Å². The van der Waals surface area contributed by atoms with E-state index in [0.29, 0.717) is 55.2 Å². The lowest BCUT2D eigenvalue weighted by molar-refractivity contribution is 0.151. The summed E-state index contributed by atoms with van der Waals surface area (Å²) in [4.78, 5) is 16.4. The number of nitrogens with one attached hydrogen (secondary N) is 3. The van der Waals surface area contributed by atoms with Crippen molar-refractivity contribution in [3.63, 3.8) is 0 Å². The van der Waals surface area contributed by atoms with Gasteiger partial charge < -0.3 is 25.8 Å². The van der Waals surface area contributed by atoms with Gasteiger partial charge in [0.25, 0.3) is 6.43 Å². The van der Waals surface area contributed by atoms with Gasteiger partial charge in [0, 0.05) is 80.5 Å². The number of aromatic nitrogens is 2. The first kappa shape index (κ1) is 28.6. The average Bonchev–Trinajstić information content (AvgIpc) is 3.37. The standard InChI is InChI=1S/C30H38F2N8O/c1-35-17-21(16-34)23-14-20-4-3-12-39(27(20)15-24(23)28(31)32)29-25-18-38(30(41)36-2)13-10-26(25)40(37-29)22-7-5-19(6-8-22)9-11-33/h14-17,19,22,28,34-35H,3-10,12-13,18H2,1-2H3,(H,36,41)/b21-17+,34-16?. The number of anilines is 2. The summed E-state index contributed by atoms with van der Waals surface area (Å²) in [6, 6.07) is 5.74. The molecule has 11 heteroatoms. The Bertz CT molecular complexity index is 1370. The van der Waals surface area contributed by atoms with Crippen LogP contribution in [0.2, 0.25) is 0 Å². The molecular weight excluding hydrogens is 526 g/mol. The molecule has 2 amide bonds. The Balaban J connectivity index is 1.59. The van der Waals surface area contributed by atoms with Crippen molar-refractivity contribution < 1.29 is 13.6 Å². The smallest absolute Gasteiger partial charge is 0.317 e. The quantitative estimate of drug-likeness (QED) is 0.387. The number of urea groups is 1. The van der Waals surface area contributed by atoms with Crippen LogP contribution in [0.3, 0.4) is 0 Å². The van der Waals surface area contributed by atoms with Crippen LogP contribution in [0.1, 0.15) is 78.9 Å². The molecule has 1 aromatic heterocycles. The predicted octanol–water partition coefficient (Wildman–Crippen LogP) is 5.46. The van der Waals surface area contributed by atoms with E-state index >= 15 is 0 Å². The molecule has 3 aliphatic rings. The number of alkyl halides is 2. The summed E-state index contributed by atoms with van der Waals surface area (Å²) >= 11 is 0. The van der Waals surface area contributed by atoms with Crippen molar-refractivity contribution in [1.29, 1.82) is 10.7 Å². The lowest BCUT2D eigenvalue weighted by Gasteiger charge is -2.33. The molecule has 0 radical (unpaired) electrons. The number of halogens is 2. The number of carbonyl (C=O) groups is 1. The number of hydrogen-bond acceptors (Lipinski definition) is 6. The van der Waals surface area contributed by atoms with Gasteiger partial charge in [-0.05, 0) is 67.7 Å². The molecule has 5 rings (SSSR count). The van der Waals surface area contributed by atoms with E-state index in [9.17, 15) is 13.6 Å². The molecule has 1 fully saturated rings. The molecule has 1 saturated carbocycles. The maximum absolute atomic E-state index is 14.4. The second-order valence-corrected chi connectivity index (χ2v) is 11.1. The van der Waals surface area contributed by atoms with Crippen molar-refractivity contribution in [3.05, 3.63) is 46.3 Å². The molecule has 1 aliphatic carbocycles. The topological polar surface area (TPSA) is 113 Å². The molecule has 3 N–H and O–H groups in total. The maximum Gasteiger partial charge on any atom is 0.317 e. The van der Waals surface area contributed by atoms with E-state index in [0.717, 1.165) is 67.4 Å². The third kappa shape index (κ3) is 5.52. The summed E-state index contributed by atoms with van der Waals surface area (Å²) < 4.78 is 31.0. The molecule has 0 bridgehead atoms. The van der Waals surface area contributed by atoms with Crippen molar-refractivity contribution in [2.45, 2.75) is 70.4 Å². The highest BCUT2D eigenvalue weighted by molar-refractivity contribution is 6.09. The zero-order valence-corrected chi connectivity index (χ0v) is 23.7. The SMILES string of the molecule is CN/C=C(\C=N)c1cc2c(cc1C(F)F)N(c1nn(C3CCC(CC#N)CC3)c3c1CN(C(=O)NC)CC3)CCC2. The molecule has 0 atom stereocenters. The molecule has 41 heavy (non-hydrogen) atoms. The molecule has 2 aliphatic heterocycles. The van der Waals surface area contributed by atoms with Gasteiger partial charge in [0.15, 0.2) is 5.82 Å². The monoisotopic (exact) mass is 564 g/mol. The summed E-state index contributed by atoms with van der Waals surface area (Å²) in [5.74, 6) is 1.16. The van der Waals surface area contributed by atoms with Gasteiger partial charge >= 0.3 is 6.03 Å². The van der Waals surface area contributed by atoms with E-state index in [1.165, 1.54) is 0 Å². The highest BCUT2D eigenvalue weighted by atomic mass is 19.3. The molecular formula is C30H38F2N8O. The molecule has 218 valence electrons. The summed E-state index contributed by atoms with van der Waals surface area (Å²) in [7, 11) is 3.31. The van der Waals surface area contributed by atoms with Crippen LogP contribution in [0.5, 0.6) is 0 Å². The summed E-state index contributed by atoms with van der Waals surface area (Å²) in [6.45, 7) is 1.63. The van der Waals surface area contributed by atoms with Crippen molar-refractivity contribution in [2.75, 3.05) is 32.1 Å². The van der Waals surface area contributed by atoms with E-state index < -0.39 is 6.43 Å². The maximum atomic E-state index is 14.4. The van der Waals surface area contributed by atoms with Crippen molar-refractivity contribution in [2.24, 2.45) is 5.92 Å². The highest BCUT2D eigenvalue weighted by Gasteiger charge is 2.35. The minimum Gasteiger partial charge on any atom is -0.393 e. The van der Waals surface area contributed by atoms with Gasteiger partial charge in [0.1, 0.15) is 0 Å². The van der Waals surface area contributed by atoms with Gasteiger partial charge in [0.05, 0.1) is 18.7 Å². The first-order valence-corrected chi connectivity index (χ1v) is 14.4. The van der Waals surface area contributed by atoms with Gasteiger partial charge in [-0.15, -0.1) is 0 Å². The Hall–Kier alpha value is -3.94. The third-order valence-corrected chi connectivity index (χ3v) is 8.73. The Labute approximate surface area is 239 Å². The van der Waals surface area contributed by atoms with Crippen LogP contribution in [0.25, 0.3) is 5.57 Å². The fraction of sp³-hybridized carbons (Fsp3) is 0.533. The third-order valence-electron chi connectivity index (χ3n) is 8.73. The average molecular weight is 565 g/mol. The number of benzene rings is 1. The van der Waals surface area contributed by atoms with E-state index in [1.54, 1.807) is 37.3 Å². The van der Waals surface area contributed by atoms with Crippen LogP contribution in [-0.4, -0.2) is 54.1 Å². The minimum absolute atomic E-state index is 0.114. The normalized spacial score (nSPS) is 20.7. The van der Waals surface area contributed by atoms with Crippen LogP contribution in [0, 0.1) is 22.7 Å². The number of amides is 2. The molecule has 1 aromatic carbocycles. The Kier molecular flexibility index (Phi) is 8.57. The second-order valence-electron chi connectivity index (χ2n) is 11.1. The second kappa shape index (κ2) is 12.3. The van der Waals surface area contributed by atoms with Gasteiger partial charge in [-0.25, -0.2) is 13.6 Å². The fourth-order valence-corrected chi connectivity index (χ4v) is 6.65. The number of nitrogens with zero attached hydrogens (tertiary/aromatic N) is 5. The Morgan fingerprint density at radius 1 is 1.22 bits per heavy atom. The minimum atomic E-state index is -2.71. The number of fused-ring (bicyclic) bond motifs is 2. The molecule has 2 aromatic rings. The van der Waals surface area contributed by atoms with Gasteiger partial charge in [-0.1, -0.05) is 0 Å². The largest absolute Gasteiger partial charge is 0.393 e. The number of hydrogen-bond donors (Lipinski definition) is 3. The molecule has 9 nitrogen and oxygen atoms in total. The Morgan fingerprint density at radius 2 is 2.00 bits per heavy atom. The number of carbonyl (C=O) groups excluding carboxylic acids is 1. The van der Waals surface area contributed by atoms with Crippen LogP contribution in [-0.2, 0) is 19.4 Å². The highest BCUT2D eigenvalue weighted by Crippen LogP contribution is 2.43. The van der Waals surface area contributed by atoms with Crippen LogP contribution < -0.4 is 15.5 Å². The summed E-state index contributed by atoms with van der Waals surface area (Å²) in [5, 5.41) is 27.7. The van der Waals surface area contributed by atoms with Crippen molar-refractivity contribution in [1.82, 2.24) is 25.3 Å². The number of nitriles is 1. The van der Waals surface area contributed by atoms with Gasteiger partial charge in [0.2, 0.25) is 0 Å². The number of rotatable bonds is 7. The van der Waals surface area contributed by atoms with Crippen molar-refractivity contribution in [3.8, 4) is 6.07 Å². The van der Waals surface area contributed by atoms with E-state index in [1.807, 2.05) is 0 Å².